The summed E-state index contributed by atoms with van der Waals surface area (Å²) in [5, 5.41) is 8.77. The fourth-order valence-corrected chi connectivity index (χ4v) is 1.48. The van der Waals surface area contributed by atoms with Crippen LogP contribution in [0.15, 0.2) is 24.3 Å². The van der Waals surface area contributed by atoms with Gasteiger partial charge in [-0.15, -0.1) is 0 Å². The first kappa shape index (κ1) is 15.6. The van der Waals surface area contributed by atoms with E-state index in [9.17, 15) is 26.3 Å². The number of alkyl halides is 6. The average molecular weight is 287 g/mol. The molecule has 8 heteroatoms. The van der Waals surface area contributed by atoms with Crippen molar-refractivity contribution in [3.8, 4) is 0 Å². The Morgan fingerprint density at radius 1 is 0.842 bits per heavy atom. The van der Waals surface area contributed by atoms with Crippen LogP contribution in [0, 0.1) is 0 Å². The lowest BCUT2D eigenvalue weighted by atomic mass is 10.2. The highest BCUT2D eigenvalue weighted by molar-refractivity contribution is 5.48. The van der Waals surface area contributed by atoms with Crippen molar-refractivity contribution in [2.45, 2.75) is 19.0 Å². The summed E-state index contributed by atoms with van der Waals surface area (Å²) < 4.78 is 73.6. The summed E-state index contributed by atoms with van der Waals surface area (Å²) in [4.78, 5) is 0.196. The van der Waals surface area contributed by atoms with Crippen molar-refractivity contribution >= 4 is 5.69 Å². The largest absolute Gasteiger partial charge is 0.405 e. The van der Waals surface area contributed by atoms with Gasteiger partial charge in [0.05, 0.1) is 6.61 Å². The molecule has 0 amide bonds. The fourth-order valence-electron chi connectivity index (χ4n) is 1.48. The van der Waals surface area contributed by atoms with Crippen molar-refractivity contribution in [1.82, 2.24) is 0 Å². The molecule has 0 aliphatic carbocycles. The molecule has 0 unspecified atom stereocenters. The van der Waals surface area contributed by atoms with Gasteiger partial charge in [-0.2, -0.15) is 26.3 Å². The van der Waals surface area contributed by atoms with Gasteiger partial charge in [-0.05, 0) is 17.7 Å². The van der Waals surface area contributed by atoms with Gasteiger partial charge in [-0.1, -0.05) is 12.1 Å². The maximum Gasteiger partial charge on any atom is 0.405 e. The Hall–Kier alpha value is -1.44. The second-order valence-electron chi connectivity index (χ2n) is 3.91. The van der Waals surface area contributed by atoms with Crippen LogP contribution in [0.3, 0.4) is 0 Å². The van der Waals surface area contributed by atoms with E-state index in [1.165, 1.54) is 12.1 Å². The maximum atomic E-state index is 12.3. The molecular formula is C11H11F6NO. The van der Waals surface area contributed by atoms with E-state index in [0.717, 1.165) is 12.1 Å². The van der Waals surface area contributed by atoms with E-state index < -0.39 is 25.4 Å². The molecule has 0 fully saturated rings. The molecule has 0 atom stereocenters. The van der Waals surface area contributed by atoms with Crippen LogP contribution in [-0.2, 0) is 6.61 Å². The van der Waals surface area contributed by atoms with Crippen LogP contribution in [0.2, 0.25) is 0 Å². The van der Waals surface area contributed by atoms with E-state index in [-0.39, 0.29) is 17.2 Å². The minimum absolute atomic E-state index is 0.196. The van der Waals surface area contributed by atoms with E-state index in [1.807, 2.05) is 0 Å². The molecular weight excluding hydrogens is 276 g/mol. The molecule has 0 heterocycles. The molecule has 108 valence electrons. The summed E-state index contributed by atoms with van der Waals surface area (Å²) in [5.74, 6) is 0. The van der Waals surface area contributed by atoms with E-state index in [0.29, 0.717) is 5.56 Å². The maximum absolute atomic E-state index is 12.3. The van der Waals surface area contributed by atoms with Gasteiger partial charge in [-0.25, -0.2) is 0 Å². The summed E-state index contributed by atoms with van der Waals surface area (Å²) in [6.45, 7) is -3.71. The van der Waals surface area contributed by atoms with Gasteiger partial charge < -0.3 is 10.0 Å². The molecule has 1 N–H and O–H groups in total. The minimum Gasteiger partial charge on any atom is -0.392 e. The van der Waals surface area contributed by atoms with Gasteiger partial charge in [-0.3, -0.25) is 0 Å². The Kier molecular flexibility index (Phi) is 4.67. The monoisotopic (exact) mass is 287 g/mol. The highest BCUT2D eigenvalue weighted by Gasteiger charge is 2.37. The molecule has 0 radical (unpaired) electrons. The van der Waals surface area contributed by atoms with Crippen LogP contribution in [0.25, 0.3) is 0 Å². The second-order valence-corrected chi connectivity index (χ2v) is 3.91. The number of anilines is 1. The Labute approximate surface area is 105 Å². The highest BCUT2D eigenvalue weighted by atomic mass is 19.4. The quantitative estimate of drug-likeness (QED) is 0.860. The van der Waals surface area contributed by atoms with Crippen LogP contribution in [0.1, 0.15) is 5.56 Å². The summed E-state index contributed by atoms with van der Waals surface area (Å²) in [6.07, 6.45) is -9.47. The summed E-state index contributed by atoms with van der Waals surface area (Å²) in [6, 6.07) is 4.77. The number of rotatable bonds is 4. The van der Waals surface area contributed by atoms with E-state index in [2.05, 4.69) is 0 Å². The van der Waals surface area contributed by atoms with E-state index in [4.69, 9.17) is 5.11 Å². The Morgan fingerprint density at radius 3 is 1.58 bits per heavy atom. The van der Waals surface area contributed by atoms with Gasteiger partial charge >= 0.3 is 12.4 Å². The van der Waals surface area contributed by atoms with Gasteiger partial charge in [0.15, 0.2) is 0 Å². The zero-order chi connectivity index (χ0) is 14.7. The first-order valence-corrected chi connectivity index (χ1v) is 5.19. The smallest absolute Gasteiger partial charge is 0.392 e. The number of halogens is 6. The summed E-state index contributed by atoms with van der Waals surface area (Å²) in [5.41, 5.74) is 0.203. The van der Waals surface area contributed by atoms with Crippen molar-refractivity contribution in [1.29, 1.82) is 0 Å². The number of aliphatic hydroxyl groups is 1. The van der Waals surface area contributed by atoms with Crippen molar-refractivity contribution in [2.75, 3.05) is 18.0 Å². The molecule has 2 nitrogen and oxygen atoms in total. The third kappa shape index (κ3) is 5.82. The first-order chi connectivity index (χ1) is 8.61. The number of hydrogen-bond donors (Lipinski definition) is 1. The highest BCUT2D eigenvalue weighted by Crippen LogP contribution is 2.26. The minimum atomic E-state index is -4.74. The number of nitrogens with zero attached hydrogens (tertiary/aromatic N) is 1. The van der Waals surface area contributed by atoms with Crippen LogP contribution in [0.5, 0.6) is 0 Å². The van der Waals surface area contributed by atoms with Crippen molar-refractivity contribution in [3.63, 3.8) is 0 Å². The van der Waals surface area contributed by atoms with Crippen molar-refractivity contribution in [3.05, 3.63) is 29.8 Å². The number of benzene rings is 1. The molecule has 0 spiro atoms. The molecule has 1 aromatic carbocycles. The molecule has 0 aromatic heterocycles. The average Bonchev–Trinajstić information content (AvgIpc) is 2.24. The summed E-state index contributed by atoms with van der Waals surface area (Å²) in [7, 11) is 0. The molecule has 1 rings (SSSR count). The molecule has 0 saturated carbocycles. The number of aliphatic hydroxyl groups excluding tert-OH is 1. The Morgan fingerprint density at radius 2 is 1.26 bits per heavy atom. The Balaban J connectivity index is 2.94. The standard InChI is InChI=1S/C11H11F6NO/c12-10(13,14)6-18(7-11(15,16)17)9-3-1-8(5-19)2-4-9/h1-4,19H,5-7H2. The fraction of sp³-hybridized carbons (Fsp3) is 0.455. The van der Waals surface area contributed by atoms with Gasteiger partial charge in [0.1, 0.15) is 13.1 Å². The predicted octanol–water partition coefficient (Wildman–Crippen LogP) is 3.11. The molecule has 1 aromatic rings. The lowest BCUT2D eigenvalue weighted by Gasteiger charge is -2.27. The van der Waals surface area contributed by atoms with Crippen molar-refractivity contribution in [2.24, 2.45) is 0 Å². The first-order valence-electron chi connectivity index (χ1n) is 5.19. The van der Waals surface area contributed by atoms with E-state index in [1.54, 1.807) is 0 Å². The molecule has 19 heavy (non-hydrogen) atoms. The normalized spacial score (nSPS) is 12.6. The topological polar surface area (TPSA) is 23.5 Å². The predicted molar refractivity (Wildman–Crippen MR) is 56.7 cm³/mol. The van der Waals surface area contributed by atoms with Gasteiger partial charge in [0, 0.05) is 5.69 Å². The zero-order valence-electron chi connectivity index (χ0n) is 9.59. The van der Waals surface area contributed by atoms with Crippen molar-refractivity contribution < 1.29 is 31.4 Å². The summed E-state index contributed by atoms with van der Waals surface area (Å²) >= 11 is 0. The SMILES string of the molecule is OCc1ccc(N(CC(F)(F)F)CC(F)(F)F)cc1. The second kappa shape index (κ2) is 5.68. The van der Waals surface area contributed by atoms with Crippen LogP contribution < -0.4 is 4.90 Å². The lowest BCUT2D eigenvalue weighted by molar-refractivity contribution is -0.137. The Bertz CT molecular complexity index is 381. The molecule has 0 saturated heterocycles. The van der Waals surface area contributed by atoms with E-state index >= 15 is 0 Å². The third-order valence-corrected chi connectivity index (χ3v) is 2.22. The van der Waals surface area contributed by atoms with Crippen LogP contribution >= 0.6 is 0 Å². The van der Waals surface area contributed by atoms with Crippen LogP contribution in [0.4, 0.5) is 32.0 Å². The molecule has 0 bridgehead atoms. The van der Waals surface area contributed by atoms with Crippen LogP contribution in [-0.4, -0.2) is 30.5 Å². The van der Waals surface area contributed by atoms with Gasteiger partial charge in [0.25, 0.3) is 0 Å². The lowest BCUT2D eigenvalue weighted by Crippen LogP contribution is -2.40. The third-order valence-electron chi connectivity index (χ3n) is 2.22. The number of hydrogen-bond acceptors (Lipinski definition) is 2. The zero-order valence-corrected chi connectivity index (χ0v) is 9.59. The van der Waals surface area contributed by atoms with Gasteiger partial charge in [0.2, 0.25) is 0 Å². The molecule has 0 aliphatic rings. The molecule has 0 aliphatic heterocycles.